The zero-order chi connectivity index (χ0) is 19.4. The number of ether oxygens (including phenoxy) is 1. The summed E-state index contributed by atoms with van der Waals surface area (Å²) in [6.07, 6.45) is 3.78. The topological polar surface area (TPSA) is 63.2 Å². The fourth-order valence-corrected chi connectivity index (χ4v) is 8.38. The van der Waals surface area contributed by atoms with Crippen molar-refractivity contribution in [3.05, 3.63) is 59.8 Å². The summed E-state index contributed by atoms with van der Waals surface area (Å²) < 4.78 is 30.8. The third kappa shape index (κ3) is 2.22. The Kier molecular flexibility index (Phi) is 3.40. The number of methoxy groups -OCH3 is 1. The second-order valence-corrected chi connectivity index (χ2v) is 11.0. The van der Waals surface area contributed by atoms with E-state index in [0.29, 0.717) is 42.3 Å². The fraction of sp³-hybridized carbons (Fsp3) is 0.286. The Hall–Kier alpha value is -2.93. The van der Waals surface area contributed by atoms with Crippen LogP contribution in [0.1, 0.15) is 26.2 Å². The molecule has 0 saturated heterocycles. The van der Waals surface area contributed by atoms with Crippen molar-refractivity contribution < 1.29 is 27.2 Å². The van der Waals surface area contributed by atoms with Gasteiger partial charge in [0.15, 0.2) is 0 Å². The molecule has 0 bridgehead atoms. The molecule has 0 aromatic heterocycles. The van der Waals surface area contributed by atoms with Crippen LogP contribution in [0.3, 0.4) is 0 Å². The quantitative estimate of drug-likeness (QED) is 0.560. The summed E-state index contributed by atoms with van der Waals surface area (Å²) >= 11 is 0. The summed E-state index contributed by atoms with van der Waals surface area (Å²) in [4.78, 5) is 12.5. The number of carbonyl (C=O) groups excluding carboxylic acids is 1. The first-order valence-corrected chi connectivity index (χ1v) is 11.5. The van der Waals surface area contributed by atoms with E-state index in [0.717, 1.165) is 5.20 Å². The molecule has 0 fully saturated rings. The van der Waals surface area contributed by atoms with Gasteiger partial charge in [0.1, 0.15) is 0 Å². The molecule has 2 aliphatic heterocycles. The first-order valence-electron chi connectivity index (χ1n) is 9.36. The first-order chi connectivity index (χ1) is 13.5. The maximum atomic E-state index is 12.5. The summed E-state index contributed by atoms with van der Waals surface area (Å²) in [6.45, 7) is 1.90. The van der Waals surface area contributed by atoms with E-state index in [1.165, 1.54) is 7.11 Å². The van der Waals surface area contributed by atoms with Gasteiger partial charge in [-0.25, -0.2) is 0 Å². The third-order valence-electron chi connectivity index (χ3n) is 5.71. The Bertz CT molecular complexity index is 902. The van der Waals surface area contributed by atoms with E-state index < -0.39 is 13.7 Å². The zero-order valence-corrected chi connectivity index (χ0v) is 16.8. The molecule has 28 heavy (non-hydrogen) atoms. The third-order valence-corrected chi connectivity index (χ3v) is 9.43. The molecule has 2 aromatic carbocycles. The number of benzene rings is 2. The summed E-state index contributed by atoms with van der Waals surface area (Å²) in [6, 6.07) is 14.8. The van der Waals surface area contributed by atoms with Crippen LogP contribution < -0.4 is 17.7 Å². The molecule has 146 valence electrons. The second-order valence-electron chi connectivity index (χ2n) is 7.71. The molecule has 2 heterocycles. The van der Waals surface area contributed by atoms with Gasteiger partial charge in [-0.3, -0.25) is 0 Å². The SMILES string of the molecule is COC(=O)C1(C)CCC=C([Si-]23(Oc4ccccc4O2)Oc2ccccc2O3)C1. The average molecular weight is 397 g/mol. The molecule has 2 aromatic rings. The average Bonchev–Trinajstić information content (AvgIpc) is 3.22. The van der Waals surface area contributed by atoms with Gasteiger partial charge in [-0.1, -0.05) is 0 Å². The van der Waals surface area contributed by atoms with Crippen LogP contribution in [-0.2, 0) is 9.53 Å². The minimum absolute atomic E-state index is 0.257. The number of hydrogen-bond donors (Lipinski definition) is 0. The van der Waals surface area contributed by atoms with Gasteiger partial charge in [-0.05, 0) is 0 Å². The van der Waals surface area contributed by atoms with Crippen molar-refractivity contribution in [3.63, 3.8) is 0 Å². The summed E-state index contributed by atoms with van der Waals surface area (Å²) in [7, 11) is -3.14. The molecule has 7 heteroatoms. The van der Waals surface area contributed by atoms with Crippen LogP contribution in [0, 0.1) is 5.41 Å². The zero-order valence-electron chi connectivity index (χ0n) is 15.8. The van der Waals surface area contributed by atoms with E-state index in [9.17, 15) is 4.79 Å². The first kappa shape index (κ1) is 17.2. The van der Waals surface area contributed by atoms with Gasteiger partial charge in [-0.2, -0.15) is 0 Å². The van der Waals surface area contributed by atoms with Gasteiger partial charge in [-0.15, -0.1) is 0 Å². The number of rotatable bonds is 2. The van der Waals surface area contributed by atoms with E-state index in [4.69, 9.17) is 22.4 Å². The Morgan fingerprint density at radius 2 is 1.39 bits per heavy atom. The Labute approximate surface area is 163 Å². The number of allylic oxidation sites excluding steroid dienone is 2. The molecule has 0 radical (unpaired) electrons. The summed E-state index contributed by atoms with van der Waals surface area (Å²) in [5.41, 5.74) is -0.694. The number of para-hydroxylation sites is 4. The van der Waals surface area contributed by atoms with E-state index in [1.807, 2.05) is 61.5 Å². The van der Waals surface area contributed by atoms with E-state index in [-0.39, 0.29) is 5.97 Å². The van der Waals surface area contributed by atoms with Crippen molar-refractivity contribution in [2.24, 2.45) is 5.41 Å². The molecule has 1 spiro atoms. The van der Waals surface area contributed by atoms with Crippen molar-refractivity contribution in [1.29, 1.82) is 0 Å². The predicted molar refractivity (Wildman–Crippen MR) is 103 cm³/mol. The Morgan fingerprint density at radius 1 is 0.929 bits per heavy atom. The van der Waals surface area contributed by atoms with Crippen molar-refractivity contribution in [2.75, 3.05) is 7.11 Å². The molecule has 0 saturated carbocycles. The molecule has 1 unspecified atom stereocenters. The van der Waals surface area contributed by atoms with Crippen LogP contribution in [0.4, 0.5) is 0 Å². The molecule has 1 aliphatic carbocycles. The number of fused-ring (bicyclic) bond motifs is 2. The normalized spacial score (nSPS) is 26.8. The molecule has 0 amide bonds. The van der Waals surface area contributed by atoms with Gasteiger partial charge >= 0.3 is 163 Å². The van der Waals surface area contributed by atoms with Crippen molar-refractivity contribution in [3.8, 4) is 23.0 Å². The molecule has 5 rings (SSSR count). The molecular formula is C21H21O6Si-. The van der Waals surface area contributed by atoms with Crippen LogP contribution in [-0.4, -0.2) is 21.4 Å². The fourth-order valence-electron chi connectivity index (χ4n) is 4.26. The summed E-state index contributed by atoms with van der Waals surface area (Å²) in [5.74, 6) is 2.06. The van der Waals surface area contributed by atoms with Gasteiger partial charge in [0.2, 0.25) is 0 Å². The molecule has 3 aliphatic rings. The summed E-state index contributed by atoms with van der Waals surface area (Å²) in [5, 5.41) is 0.756. The van der Waals surface area contributed by atoms with Gasteiger partial charge in [0.05, 0.1) is 0 Å². The minimum atomic E-state index is -4.55. The van der Waals surface area contributed by atoms with Crippen molar-refractivity contribution in [2.45, 2.75) is 26.2 Å². The van der Waals surface area contributed by atoms with E-state index in [2.05, 4.69) is 0 Å². The molecule has 0 N–H and O–H groups in total. The maximum absolute atomic E-state index is 12.5. The molecule has 1 atom stereocenters. The Morgan fingerprint density at radius 3 is 1.82 bits per heavy atom. The van der Waals surface area contributed by atoms with Crippen molar-refractivity contribution in [1.82, 2.24) is 0 Å². The van der Waals surface area contributed by atoms with Crippen molar-refractivity contribution >= 4 is 14.3 Å². The molecular weight excluding hydrogens is 376 g/mol. The van der Waals surface area contributed by atoms with Crippen LogP contribution >= 0.6 is 0 Å². The second kappa shape index (κ2) is 5.54. The number of carbonyl (C=O) groups is 1. The Balaban J connectivity index is 1.64. The number of hydrogen-bond acceptors (Lipinski definition) is 6. The van der Waals surface area contributed by atoms with Gasteiger partial charge < -0.3 is 0 Å². The monoisotopic (exact) mass is 397 g/mol. The molecule has 6 nitrogen and oxygen atoms in total. The predicted octanol–water partition coefficient (Wildman–Crippen LogP) is 4.15. The van der Waals surface area contributed by atoms with E-state index >= 15 is 0 Å². The van der Waals surface area contributed by atoms with E-state index in [1.54, 1.807) is 0 Å². The van der Waals surface area contributed by atoms with Crippen LogP contribution in [0.15, 0.2) is 59.8 Å². The number of esters is 1. The van der Waals surface area contributed by atoms with Crippen LogP contribution in [0.2, 0.25) is 0 Å². The standard InChI is InChI=1S/C21H21O6Si/c1-21(20(22)23-2)13-7-8-15(14-21)28(24-16-9-3-4-10-17(16)25-28)26-18-11-5-6-12-19(18)27-28/h3-6,8-12H,7,13-14H2,1-2H3/q-1. The van der Waals surface area contributed by atoms with Gasteiger partial charge in [0, 0.05) is 0 Å². The van der Waals surface area contributed by atoms with Gasteiger partial charge in [0.25, 0.3) is 0 Å². The van der Waals surface area contributed by atoms with Crippen LogP contribution in [0.5, 0.6) is 23.0 Å². The van der Waals surface area contributed by atoms with Crippen LogP contribution in [0.25, 0.3) is 0 Å².